The summed E-state index contributed by atoms with van der Waals surface area (Å²) in [6, 6.07) is 11.2. The molecule has 1 atom stereocenters. The van der Waals surface area contributed by atoms with Crippen LogP contribution in [0.1, 0.15) is 0 Å². The Labute approximate surface area is 119 Å². The molecule has 0 fully saturated rings. The van der Waals surface area contributed by atoms with Crippen molar-refractivity contribution in [2.75, 3.05) is 24.9 Å². The van der Waals surface area contributed by atoms with Gasteiger partial charge in [-0.25, -0.2) is 4.21 Å². The van der Waals surface area contributed by atoms with Gasteiger partial charge in [-0.3, -0.25) is 4.79 Å². The number of nitrogens with zero attached hydrogens (tertiary/aromatic N) is 1. The SMILES string of the molecule is CN(C)c1cccc2c(S(=O)C(=O)CCl)cccc12. The highest BCUT2D eigenvalue weighted by atomic mass is 35.5. The molecule has 0 aliphatic heterocycles. The van der Waals surface area contributed by atoms with Gasteiger partial charge in [0.25, 0.3) is 0 Å². The summed E-state index contributed by atoms with van der Waals surface area (Å²) in [5.41, 5.74) is 1.02. The number of alkyl halides is 1. The zero-order chi connectivity index (χ0) is 14.0. The highest BCUT2D eigenvalue weighted by molar-refractivity contribution is 8.00. The first-order valence-electron chi connectivity index (χ1n) is 5.76. The van der Waals surface area contributed by atoms with E-state index in [9.17, 15) is 9.00 Å². The molecule has 0 spiro atoms. The summed E-state index contributed by atoms with van der Waals surface area (Å²) in [7, 11) is 2.18. The van der Waals surface area contributed by atoms with Crippen molar-refractivity contribution in [2.45, 2.75) is 4.90 Å². The molecule has 3 nitrogen and oxygen atoms in total. The molecule has 0 aromatic heterocycles. The van der Waals surface area contributed by atoms with Crippen LogP contribution in [0.3, 0.4) is 0 Å². The zero-order valence-corrected chi connectivity index (χ0v) is 12.3. The normalized spacial score (nSPS) is 12.4. The predicted octanol–water partition coefficient (Wildman–Crippen LogP) is 2.78. The number of benzene rings is 2. The van der Waals surface area contributed by atoms with Gasteiger partial charge >= 0.3 is 0 Å². The summed E-state index contributed by atoms with van der Waals surface area (Å²) in [5, 5.41) is 1.33. The van der Waals surface area contributed by atoms with Crippen molar-refractivity contribution in [3.8, 4) is 0 Å². The second-order valence-corrected chi connectivity index (χ2v) is 6.00. The van der Waals surface area contributed by atoms with Gasteiger partial charge in [0, 0.05) is 30.6 Å². The molecule has 0 saturated heterocycles. The van der Waals surface area contributed by atoms with Crippen molar-refractivity contribution in [3.63, 3.8) is 0 Å². The smallest absolute Gasteiger partial charge is 0.238 e. The second-order valence-electron chi connectivity index (χ2n) is 4.30. The Morgan fingerprint density at radius 2 is 1.79 bits per heavy atom. The fraction of sp³-hybridized carbons (Fsp3) is 0.214. The number of hydrogen-bond acceptors (Lipinski definition) is 3. The minimum atomic E-state index is -1.71. The molecule has 0 aliphatic carbocycles. The Morgan fingerprint density at radius 3 is 2.42 bits per heavy atom. The molecule has 1 unspecified atom stereocenters. The lowest BCUT2D eigenvalue weighted by molar-refractivity contribution is -0.109. The van der Waals surface area contributed by atoms with Gasteiger partial charge in [-0.1, -0.05) is 24.3 Å². The molecule has 100 valence electrons. The summed E-state index contributed by atoms with van der Waals surface area (Å²) in [6.45, 7) is 0. The van der Waals surface area contributed by atoms with E-state index in [0.29, 0.717) is 4.90 Å². The number of anilines is 1. The van der Waals surface area contributed by atoms with Crippen LogP contribution in [-0.2, 0) is 15.6 Å². The maximum absolute atomic E-state index is 12.1. The summed E-state index contributed by atoms with van der Waals surface area (Å²) >= 11 is 5.48. The zero-order valence-electron chi connectivity index (χ0n) is 10.7. The van der Waals surface area contributed by atoms with E-state index in [1.54, 1.807) is 6.07 Å². The van der Waals surface area contributed by atoms with Crippen LogP contribution in [0.25, 0.3) is 10.8 Å². The van der Waals surface area contributed by atoms with Gasteiger partial charge in [-0.05, 0) is 12.1 Å². The third-order valence-corrected chi connectivity index (χ3v) is 4.57. The largest absolute Gasteiger partial charge is 0.377 e. The standard InChI is InChI=1S/C14H14ClNO2S/c1-16(2)12-7-3-6-11-10(12)5-4-8-13(11)19(18)14(17)9-15/h3-8H,9H2,1-2H3. The van der Waals surface area contributed by atoms with Crippen LogP contribution >= 0.6 is 11.6 Å². The van der Waals surface area contributed by atoms with Crippen molar-refractivity contribution in [3.05, 3.63) is 36.4 Å². The van der Waals surface area contributed by atoms with E-state index in [4.69, 9.17) is 11.6 Å². The molecule has 2 rings (SSSR count). The predicted molar refractivity (Wildman–Crippen MR) is 80.4 cm³/mol. The van der Waals surface area contributed by atoms with Crippen molar-refractivity contribution < 1.29 is 9.00 Å². The third-order valence-electron chi connectivity index (χ3n) is 2.86. The molecule has 0 heterocycles. The molecule has 0 aliphatic rings. The van der Waals surface area contributed by atoms with Gasteiger partial charge in [0.2, 0.25) is 5.12 Å². The molecule has 0 amide bonds. The van der Waals surface area contributed by atoms with Crippen LogP contribution in [0.4, 0.5) is 5.69 Å². The average Bonchev–Trinajstić information content (AvgIpc) is 2.44. The first kappa shape index (κ1) is 14.0. The van der Waals surface area contributed by atoms with Crippen LogP contribution in [0.2, 0.25) is 0 Å². The third kappa shape index (κ3) is 2.65. The average molecular weight is 296 g/mol. The molecule has 5 heteroatoms. The molecule has 0 saturated carbocycles. The van der Waals surface area contributed by atoms with Crippen LogP contribution in [0.15, 0.2) is 41.3 Å². The van der Waals surface area contributed by atoms with E-state index in [1.165, 1.54) is 0 Å². The summed E-state index contributed by atoms with van der Waals surface area (Å²) in [5.74, 6) is -0.240. The van der Waals surface area contributed by atoms with Gasteiger partial charge in [-0.2, -0.15) is 0 Å². The topological polar surface area (TPSA) is 37.4 Å². The Morgan fingerprint density at radius 1 is 1.16 bits per heavy atom. The van der Waals surface area contributed by atoms with Crippen molar-refractivity contribution >= 4 is 44.0 Å². The lowest BCUT2D eigenvalue weighted by atomic mass is 10.1. The van der Waals surface area contributed by atoms with Crippen LogP contribution < -0.4 is 4.90 Å². The van der Waals surface area contributed by atoms with Crippen molar-refractivity contribution in [1.29, 1.82) is 0 Å². The quantitative estimate of drug-likeness (QED) is 0.817. The highest BCUT2D eigenvalue weighted by Crippen LogP contribution is 2.29. The van der Waals surface area contributed by atoms with Crippen molar-refractivity contribution in [1.82, 2.24) is 0 Å². The first-order chi connectivity index (χ1) is 9.06. The molecule has 0 radical (unpaired) electrons. The van der Waals surface area contributed by atoms with E-state index in [-0.39, 0.29) is 5.88 Å². The first-order valence-corrected chi connectivity index (χ1v) is 7.44. The summed E-state index contributed by atoms with van der Waals surface area (Å²) < 4.78 is 12.1. The summed E-state index contributed by atoms with van der Waals surface area (Å²) in [4.78, 5) is 14.0. The van der Waals surface area contributed by atoms with Gasteiger partial charge in [-0.15, -0.1) is 11.6 Å². The van der Waals surface area contributed by atoms with E-state index < -0.39 is 15.9 Å². The monoisotopic (exact) mass is 295 g/mol. The number of hydrogen-bond donors (Lipinski definition) is 0. The number of fused-ring (bicyclic) bond motifs is 1. The Bertz CT molecular complexity index is 655. The molecular weight excluding hydrogens is 282 g/mol. The molecule has 2 aromatic rings. The molecule has 2 aromatic carbocycles. The minimum absolute atomic E-state index is 0.240. The Hall–Kier alpha value is -1.39. The van der Waals surface area contributed by atoms with Gasteiger partial charge < -0.3 is 4.90 Å². The molecule has 19 heavy (non-hydrogen) atoms. The van der Waals surface area contributed by atoms with E-state index in [2.05, 4.69) is 0 Å². The Balaban J connectivity index is 2.68. The lowest BCUT2D eigenvalue weighted by Gasteiger charge is -2.16. The fourth-order valence-electron chi connectivity index (χ4n) is 1.99. The minimum Gasteiger partial charge on any atom is -0.377 e. The van der Waals surface area contributed by atoms with Crippen molar-refractivity contribution in [2.24, 2.45) is 0 Å². The van der Waals surface area contributed by atoms with E-state index in [1.807, 2.05) is 49.3 Å². The fourth-order valence-corrected chi connectivity index (χ4v) is 3.21. The second kappa shape index (κ2) is 5.72. The number of carbonyl (C=O) groups excluding carboxylic acids is 1. The van der Waals surface area contributed by atoms with Gasteiger partial charge in [0.05, 0.1) is 10.8 Å². The molecule has 0 bridgehead atoms. The highest BCUT2D eigenvalue weighted by Gasteiger charge is 2.16. The van der Waals surface area contributed by atoms with Crippen LogP contribution in [0, 0.1) is 0 Å². The van der Waals surface area contributed by atoms with Crippen LogP contribution in [-0.4, -0.2) is 29.3 Å². The van der Waals surface area contributed by atoms with E-state index >= 15 is 0 Å². The maximum atomic E-state index is 12.1. The van der Waals surface area contributed by atoms with E-state index in [0.717, 1.165) is 16.5 Å². The maximum Gasteiger partial charge on any atom is 0.238 e. The number of halogens is 1. The number of rotatable bonds is 3. The van der Waals surface area contributed by atoms with Crippen LogP contribution in [0.5, 0.6) is 0 Å². The Kier molecular flexibility index (Phi) is 4.22. The van der Waals surface area contributed by atoms with Gasteiger partial charge in [0.15, 0.2) is 0 Å². The lowest BCUT2D eigenvalue weighted by Crippen LogP contribution is -2.11. The molecular formula is C14H14ClNO2S. The molecule has 0 N–H and O–H groups in total. The van der Waals surface area contributed by atoms with Gasteiger partial charge in [0.1, 0.15) is 10.8 Å². The number of carbonyl (C=O) groups is 1. The summed E-state index contributed by atoms with van der Waals surface area (Å²) in [6.07, 6.45) is 0.